The highest BCUT2D eigenvalue weighted by atomic mass is 16.5. The van der Waals surface area contributed by atoms with E-state index in [0.29, 0.717) is 5.69 Å². The monoisotopic (exact) mass is 375 g/mol. The standard InChI is InChI=1S/C21H21N5O2/c1-28-15-7-5-13(6-8-15)17(9-22)21(27)26-19-4-2-3-16-18(12-23-20(16)19)14-10-24-25-11-14/h2-8,10-12,17,23H,9,22H2,1H3,(H,24,25)(H,26,27). The van der Waals surface area contributed by atoms with E-state index < -0.39 is 5.92 Å². The van der Waals surface area contributed by atoms with Crippen molar-refractivity contribution in [2.75, 3.05) is 19.0 Å². The van der Waals surface area contributed by atoms with Crippen molar-refractivity contribution in [3.8, 4) is 16.9 Å². The number of benzene rings is 2. The SMILES string of the molecule is COc1ccc(C(CN)C(=O)Nc2cccc3c(-c4cn[nH]c4)c[nH]c23)cc1. The molecule has 0 aliphatic rings. The van der Waals surface area contributed by atoms with Crippen LogP contribution in [0.5, 0.6) is 5.75 Å². The van der Waals surface area contributed by atoms with Crippen LogP contribution in [0.2, 0.25) is 0 Å². The topological polar surface area (TPSA) is 109 Å². The number of hydrogen-bond donors (Lipinski definition) is 4. The second-order valence-corrected chi connectivity index (χ2v) is 6.47. The quantitative estimate of drug-likeness (QED) is 0.415. The number of methoxy groups -OCH3 is 1. The van der Waals surface area contributed by atoms with Gasteiger partial charge in [0.2, 0.25) is 5.91 Å². The molecule has 2 aromatic heterocycles. The van der Waals surface area contributed by atoms with Crippen molar-refractivity contribution in [2.24, 2.45) is 5.73 Å². The molecule has 4 aromatic rings. The zero-order chi connectivity index (χ0) is 19.5. The Bertz CT molecular complexity index is 1080. The number of hydrogen-bond acceptors (Lipinski definition) is 4. The van der Waals surface area contributed by atoms with Gasteiger partial charge in [0.15, 0.2) is 0 Å². The molecule has 0 bridgehead atoms. The highest BCUT2D eigenvalue weighted by Crippen LogP contribution is 2.32. The molecule has 142 valence electrons. The first-order chi connectivity index (χ1) is 13.7. The molecule has 7 nitrogen and oxygen atoms in total. The highest BCUT2D eigenvalue weighted by Gasteiger charge is 2.20. The Morgan fingerprint density at radius 2 is 2.04 bits per heavy atom. The number of amides is 1. The third kappa shape index (κ3) is 3.23. The van der Waals surface area contributed by atoms with E-state index in [1.54, 1.807) is 13.3 Å². The molecule has 7 heteroatoms. The first-order valence-corrected chi connectivity index (χ1v) is 8.95. The molecule has 0 saturated carbocycles. The molecule has 2 heterocycles. The molecular formula is C21H21N5O2. The van der Waals surface area contributed by atoms with Gasteiger partial charge in [-0.1, -0.05) is 24.3 Å². The van der Waals surface area contributed by atoms with Gasteiger partial charge in [-0.05, 0) is 23.8 Å². The van der Waals surface area contributed by atoms with E-state index in [0.717, 1.165) is 33.3 Å². The van der Waals surface area contributed by atoms with Crippen LogP contribution in [-0.2, 0) is 4.79 Å². The summed E-state index contributed by atoms with van der Waals surface area (Å²) in [4.78, 5) is 16.2. The van der Waals surface area contributed by atoms with Crippen LogP contribution < -0.4 is 15.8 Å². The Morgan fingerprint density at radius 1 is 1.21 bits per heavy atom. The molecule has 1 unspecified atom stereocenters. The summed E-state index contributed by atoms with van der Waals surface area (Å²) in [5.74, 6) is 0.131. The van der Waals surface area contributed by atoms with Crippen LogP contribution in [0.4, 0.5) is 5.69 Å². The highest BCUT2D eigenvalue weighted by molar-refractivity contribution is 6.07. The third-order valence-electron chi connectivity index (χ3n) is 4.85. The summed E-state index contributed by atoms with van der Waals surface area (Å²) in [6, 6.07) is 13.2. The van der Waals surface area contributed by atoms with Gasteiger partial charge in [0.25, 0.3) is 0 Å². The van der Waals surface area contributed by atoms with Crippen LogP contribution >= 0.6 is 0 Å². The van der Waals surface area contributed by atoms with E-state index >= 15 is 0 Å². The average Bonchev–Trinajstić information content (AvgIpc) is 3.39. The number of ether oxygens (including phenoxy) is 1. The normalized spacial score (nSPS) is 12.1. The second kappa shape index (κ2) is 7.58. The summed E-state index contributed by atoms with van der Waals surface area (Å²) in [7, 11) is 1.61. The number of para-hydroxylation sites is 1. The van der Waals surface area contributed by atoms with Gasteiger partial charge in [0, 0.05) is 35.5 Å². The van der Waals surface area contributed by atoms with Crippen molar-refractivity contribution >= 4 is 22.5 Å². The van der Waals surface area contributed by atoms with E-state index in [-0.39, 0.29) is 12.5 Å². The molecular weight excluding hydrogens is 354 g/mol. The van der Waals surface area contributed by atoms with Crippen LogP contribution in [0, 0.1) is 0 Å². The van der Waals surface area contributed by atoms with Gasteiger partial charge >= 0.3 is 0 Å². The Kier molecular flexibility index (Phi) is 4.82. The molecule has 1 amide bonds. The lowest BCUT2D eigenvalue weighted by Gasteiger charge is -2.16. The minimum Gasteiger partial charge on any atom is -0.497 e. The van der Waals surface area contributed by atoms with Crippen LogP contribution in [0.1, 0.15) is 11.5 Å². The maximum absolute atomic E-state index is 12.9. The van der Waals surface area contributed by atoms with Crippen LogP contribution in [-0.4, -0.2) is 34.7 Å². The van der Waals surface area contributed by atoms with Gasteiger partial charge in [-0.15, -0.1) is 0 Å². The number of anilines is 1. The number of carbonyl (C=O) groups is 1. The molecule has 0 saturated heterocycles. The molecule has 4 rings (SSSR count). The van der Waals surface area contributed by atoms with Crippen molar-refractivity contribution < 1.29 is 9.53 Å². The summed E-state index contributed by atoms with van der Waals surface area (Å²) < 4.78 is 5.18. The number of rotatable bonds is 6. The van der Waals surface area contributed by atoms with Crippen LogP contribution in [0.3, 0.4) is 0 Å². The minimum absolute atomic E-state index is 0.153. The smallest absolute Gasteiger partial charge is 0.233 e. The van der Waals surface area contributed by atoms with Gasteiger partial charge in [0.1, 0.15) is 5.75 Å². The van der Waals surface area contributed by atoms with Gasteiger partial charge in [0.05, 0.1) is 30.4 Å². The van der Waals surface area contributed by atoms with Crippen molar-refractivity contribution in [1.29, 1.82) is 0 Å². The third-order valence-corrected chi connectivity index (χ3v) is 4.85. The number of H-pyrrole nitrogens is 2. The summed E-state index contributed by atoms with van der Waals surface area (Å²) in [5, 5.41) is 10.9. The summed E-state index contributed by atoms with van der Waals surface area (Å²) >= 11 is 0. The number of aromatic amines is 2. The lowest BCUT2D eigenvalue weighted by Crippen LogP contribution is -2.27. The van der Waals surface area contributed by atoms with Crippen molar-refractivity contribution in [1.82, 2.24) is 15.2 Å². The molecule has 5 N–H and O–H groups in total. The van der Waals surface area contributed by atoms with Crippen LogP contribution in [0.25, 0.3) is 22.0 Å². The maximum atomic E-state index is 12.9. The lowest BCUT2D eigenvalue weighted by molar-refractivity contribution is -0.117. The Labute approximate surface area is 161 Å². The lowest BCUT2D eigenvalue weighted by atomic mass is 9.98. The largest absolute Gasteiger partial charge is 0.497 e. The maximum Gasteiger partial charge on any atom is 0.233 e. The van der Waals surface area contributed by atoms with Crippen molar-refractivity contribution in [3.63, 3.8) is 0 Å². The van der Waals surface area contributed by atoms with E-state index in [4.69, 9.17) is 10.5 Å². The Morgan fingerprint density at radius 3 is 2.71 bits per heavy atom. The molecule has 0 aliphatic carbocycles. The number of carbonyl (C=O) groups excluding carboxylic acids is 1. The molecule has 0 spiro atoms. The fourth-order valence-corrected chi connectivity index (χ4v) is 3.35. The van der Waals surface area contributed by atoms with Crippen molar-refractivity contribution in [2.45, 2.75) is 5.92 Å². The van der Waals surface area contributed by atoms with Gasteiger partial charge in [-0.25, -0.2) is 0 Å². The molecule has 1 atom stereocenters. The minimum atomic E-state index is -0.454. The fourth-order valence-electron chi connectivity index (χ4n) is 3.35. The Hall–Kier alpha value is -3.58. The van der Waals surface area contributed by atoms with Gasteiger partial charge < -0.3 is 20.8 Å². The number of nitrogens with zero attached hydrogens (tertiary/aromatic N) is 1. The summed E-state index contributed by atoms with van der Waals surface area (Å²) in [6.45, 7) is 0.207. The van der Waals surface area contributed by atoms with E-state index in [1.165, 1.54) is 0 Å². The number of aromatic nitrogens is 3. The van der Waals surface area contributed by atoms with E-state index in [1.807, 2.05) is 54.9 Å². The number of nitrogens with one attached hydrogen (secondary N) is 3. The zero-order valence-electron chi connectivity index (χ0n) is 15.4. The number of nitrogens with two attached hydrogens (primary N) is 1. The first kappa shape index (κ1) is 17.8. The van der Waals surface area contributed by atoms with Gasteiger partial charge in [-0.2, -0.15) is 5.10 Å². The molecule has 0 fully saturated rings. The van der Waals surface area contributed by atoms with Crippen molar-refractivity contribution in [3.05, 3.63) is 66.6 Å². The molecule has 0 radical (unpaired) electrons. The average molecular weight is 375 g/mol. The first-order valence-electron chi connectivity index (χ1n) is 8.95. The molecule has 2 aromatic carbocycles. The van der Waals surface area contributed by atoms with Crippen LogP contribution in [0.15, 0.2) is 61.1 Å². The predicted octanol–water partition coefficient (Wildman–Crippen LogP) is 3.25. The predicted molar refractivity (Wildman–Crippen MR) is 109 cm³/mol. The number of fused-ring (bicyclic) bond motifs is 1. The zero-order valence-corrected chi connectivity index (χ0v) is 15.4. The van der Waals surface area contributed by atoms with E-state index in [2.05, 4.69) is 20.5 Å². The summed E-state index contributed by atoms with van der Waals surface area (Å²) in [6.07, 6.45) is 5.51. The summed E-state index contributed by atoms with van der Waals surface area (Å²) in [5.41, 5.74) is 10.3. The molecule has 28 heavy (non-hydrogen) atoms. The van der Waals surface area contributed by atoms with E-state index in [9.17, 15) is 4.79 Å². The molecule has 0 aliphatic heterocycles. The van der Waals surface area contributed by atoms with Gasteiger partial charge in [-0.3, -0.25) is 9.89 Å². The fraction of sp³-hybridized carbons (Fsp3) is 0.143. The second-order valence-electron chi connectivity index (χ2n) is 6.47. The Balaban J connectivity index is 1.62.